The van der Waals surface area contributed by atoms with E-state index in [2.05, 4.69) is 5.32 Å². The van der Waals surface area contributed by atoms with Crippen LogP contribution in [0.5, 0.6) is 5.75 Å². The number of benzene rings is 2. The zero-order chi connectivity index (χ0) is 19.6. The highest BCUT2D eigenvalue weighted by molar-refractivity contribution is 6.35. The molecule has 8 heteroatoms. The molecule has 27 heavy (non-hydrogen) atoms. The van der Waals surface area contributed by atoms with Crippen LogP contribution in [0.15, 0.2) is 42.5 Å². The van der Waals surface area contributed by atoms with Crippen molar-refractivity contribution >= 4 is 35.1 Å². The van der Waals surface area contributed by atoms with Gasteiger partial charge in [-0.25, -0.2) is 4.79 Å². The van der Waals surface area contributed by atoms with E-state index in [1.165, 1.54) is 0 Å². The van der Waals surface area contributed by atoms with Crippen LogP contribution in [0, 0.1) is 11.3 Å². The minimum atomic E-state index is -0.710. The smallest absolute Gasteiger partial charge is 0.344 e. The lowest BCUT2D eigenvalue weighted by atomic mass is 10.1. The van der Waals surface area contributed by atoms with Gasteiger partial charge in [0.1, 0.15) is 11.8 Å². The number of amides is 1. The lowest BCUT2D eigenvalue weighted by Gasteiger charge is -2.09. The van der Waals surface area contributed by atoms with Gasteiger partial charge in [-0.1, -0.05) is 41.4 Å². The predicted octanol–water partition coefficient (Wildman–Crippen LogP) is 3.15. The van der Waals surface area contributed by atoms with Crippen molar-refractivity contribution in [2.45, 2.75) is 6.42 Å². The molecule has 140 valence electrons. The third-order valence-corrected chi connectivity index (χ3v) is 4.04. The molecule has 1 amide bonds. The van der Waals surface area contributed by atoms with Crippen molar-refractivity contribution in [3.05, 3.63) is 63.6 Å². The van der Waals surface area contributed by atoms with Crippen molar-refractivity contribution in [1.82, 2.24) is 5.32 Å². The summed E-state index contributed by atoms with van der Waals surface area (Å²) in [5.74, 6) is -0.870. The third kappa shape index (κ3) is 6.81. The summed E-state index contributed by atoms with van der Waals surface area (Å²) in [6.45, 7) is -0.480. The number of rotatable bonds is 8. The molecule has 0 radical (unpaired) electrons. The Bertz CT molecular complexity index is 865. The number of carbonyl (C=O) groups is 2. The van der Waals surface area contributed by atoms with Gasteiger partial charge in [0.05, 0.1) is 5.56 Å². The molecule has 0 atom stereocenters. The van der Waals surface area contributed by atoms with Gasteiger partial charge < -0.3 is 14.8 Å². The van der Waals surface area contributed by atoms with Crippen LogP contribution in [-0.4, -0.2) is 31.6 Å². The van der Waals surface area contributed by atoms with Gasteiger partial charge >= 0.3 is 5.97 Å². The van der Waals surface area contributed by atoms with E-state index < -0.39 is 25.1 Å². The zero-order valence-corrected chi connectivity index (χ0v) is 15.7. The topological polar surface area (TPSA) is 88.4 Å². The van der Waals surface area contributed by atoms with Gasteiger partial charge in [0.25, 0.3) is 5.91 Å². The van der Waals surface area contributed by atoms with E-state index in [4.69, 9.17) is 37.9 Å². The fourth-order valence-electron chi connectivity index (χ4n) is 2.12. The van der Waals surface area contributed by atoms with Crippen molar-refractivity contribution in [2.24, 2.45) is 0 Å². The Morgan fingerprint density at radius 2 is 1.89 bits per heavy atom. The number of para-hydroxylation sites is 1. The molecule has 0 bridgehead atoms. The van der Waals surface area contributed by atoms with Crippen molar-refractivity contribution in [3.63, 3.8) is 0 Å². The summed E-state index contributed by atoms with van der Waals surface area (Å²) in [5, 5.41) is 12.6. The molecule has 0 aromatic heterocycles. The first-order valence-electron chi connectivity index (χ1n) is 7.98. The maximum atomic E-state index is 11.7. The van der Waals surface area contributed by atoms with Crippen LogP contribution in [-0.2, 0) is 20.7 Å². The van der Waals surface area contributed by atoms with E-state index in [1.54, 1.807) is 42.5 Å². The molecule has 0 saturated heterocycles. The number of nitrogens with one attached hydrogen (secondary N) is 1. The lowest BCUT2D eigenvalue weighted by molar-refractivity contribution is -0.150. The minimum absolute atomic E-state index is 0.279. The molecule has 1 N–H and O–H groups in total. The van der Waals surface area contributed by atoms with E-state index in [9.17, 15) is 9.59 Å². The van der Waals surface area contributed by atoms with Gasteiger partial charge in [-0.15, -0.1) is 0 Å². The van der Waals surface area contributed by atoms with Crippen LogP contribution < -0.4 is 10.1 Å². The molecule has 0 aliphatic rings. The quantitative estimate of drug-likeness (QED) is 0.680. The van der Waals surface area contributed by atoms with Crippen molar-refractivity contribution in [2.75, 3.05) is 19.8 Å². The molecule has 2 aromatic rings. The number of hydrogen-bond donors (Lipinski definition) is 1. The Morgan fingerprint density at radius 3 is 2.63 bits per heavy atom. The molecule has 0 unspecified atom stereocenters. The average Bonchev–Trinajstić information content (AvgIpc) is 2.66. The monoisotopic (exact) mass is 406 g/mol. The molecular weight excluding hydrogens is 391 g/mol. The van der Waals surface area contributed by atoms with Crippen LogP contribution >= 0.6 is 23.2 Å². The van der Waals surface area contributed by atoms with E-state index in [0.717, 1.165) is 5.56 Å². The van der Waals surface area contributed by atoms with E-state index >= 15 is 0 Å². The molecule has 0 aliphatic carbocycles. The summed E-state index contributed by atoms with van der Waals surface area (Å²) in [7, 11) is 0. The first kappa shape index (κ1) is 20.6. The minimum Gasteiger partial charge on any atom is -0.481 e. The number of ether oxygens (including phenoxy) is 2. The van der Waals surface area contributed by atoms with E-state index in [-0.39, 0.29) is 5.75 Å². The molecule has 0 saturated carbocycles. The highest BCUT2D eigenvalue weighted by atomic mass is 35.5. The molecule has 6 nitrogen and oxygen atoms in total. The first-order chi connectivity index (χ1) is 13.0. The van der Waals surface area contributed by atoms with Gasteiger partial charge in [-0.3, -0.25) is 4.79 Å². The maximum Gasteiger partial charge on any atom is 0.344 e. The van der Waals surface area contributed by atoms with Gasteiger partial charge in [0, 0.05) is 16.6 Å². The van der Waals surface area contributed by atoms with Gasteiger partial charge in [-0.2, -0.15) is 5.26 Å². The summed E-state index contributed by atoms with van der Waals surface area (Å²) in [4.78, 5) is 23.4. The second-order valence-electron chi connectivity index (χ2n) is 5.39. The fraction of sp³-hybridized carbons (Fsp3) is 0.211. The second kappa shape index (κ2) is 10.4. The number of carbonyl (C=O) groups excluding carboxylic acids is 2. The summed E-state index contributed by atoms with van der Waals surface area (Å²) >= 11 is 11.9. The Kier molecular flexibility index (Phi) is 7.93. The molecular formula is C19H16Cl2N2O4. The molecule has 0 fully saturated rings. The van der Waals surface area contributed by atoms with Crippen LogP contribution in [0.3, 0.4) is 0 Å². The third-order valence-electron chi connectivity index (χ3n) is 3.45. The Morgan fingerprint density at radius 1 is 1.11 bits per heavy atom. The van der Waals surface area contributed by atoms with Crippen molar-refractivity contribution < 1.29 is 19.1 Å². The highest BCUT2D eigenvalue weighted by Crippen LogP contribution is 2.21. The van der Waals surface area contributed by atoms with Crippen LogP contribution in [0.25, 0.3) is 0 Å². The zero-order valence-electron chi connectivity index (χ0n) is 14.2. The number of nitrogens with zero attached hydrogens (tertiary/aromatic N) is 1. The van der Waals surface area contributed by atoms with Crippen molar-refractivity contribution in [1.29, 1.82) is 5.26 Å². The predicted molar refractivity (Wildman–Crippen MR) is 101 cm³/mol. The Hall–Kier alpha value is -2.75. The van der Waals surface area contributed by atoms with Gasteiger partial charge in [0.15, 0.2) is 13.2 Å². The number of esters is 1. The summed E-state index contributed by atoms with van der Waals surface area (Å²) < 4.78 is 10.1. The summed E-state index contributed by atoms with van der Waals surface area (Å²) in [6.07, 6.45) is 0.518. The highest BCUT2D eigenvalue weighted by Gasteiger charge is 2.10. The Labute approximate surface area is 166 Å². The van der Waals surface area contributed by atoms with Gasteiger partial charge in [-0.05, 0) is 36.2 Å². The van der Waals surface area contributed by atoms with Crippen LogP contribution in [0.1, 0.15) is 11.1 Å². The van der Waals surface area contributed by atoms with E-state index in [0.29, 0.717) is 28.6 Å². The number of halogens is 2. The standard InChI is InChI=1S/C19H16Cl2N2O4/c20-15-6-5-13(16(21)9-15)7-8-23-18(24)11-27-19(25)12-26-17-4-2-1-3-14(17)10-22/h1-6,9H,7-8,11-12H2,(H,23,24). The Balaban J connectivity index is 1.67. The normalized spacial score (nSPS) is 9.96. The fourth-order valence-corrected chi connectivity index (χ4v) is 2.62. The first-order valence-corrected chi connectivity index (χ1v) is 8.73. The molecule has 0 spiro atoms. The molecule has 2 aromatic carbocycles. The van der Waals surface area contributed by atoms with Crippen LogP contribution in [0.4, 0.5) is 0 Å². The summed E-state index contributed by atoms with van der Waals surface area (Å²) in [5.41, 5.74) is 1.16. The van der Waals surface area contributed by atoms with Gasteiger partial charge in [0.2, 0.25) is 0 Å². The van der Waals surface area contributed by atoms with Crippen LogP contribution in [0.2, 0.25) is 10.0 Å². The second-order valence-corrected chi connectivity index (χ2v) is 6.24. The number of hydrogen-bond acceptors (Lipinski definition) is 5. The van der Waals surface area contributed by atoms with E-state index in [1.807, 2.05) is 6.07 Å². The van der Waals surface area contributed by atoms with Crippen molar-refractivity contribution in [3.8, 4) is 11.8 Å². The summed E-state index contributed by atoms with van der Waals surface area (Å²) in [6, 6.07) is 13.6. The molecule has 2 rings (SSSR count). The molecule has 0 heterocycles. The number of nitriles is 1. The molecule has 0 aliphatic heterocycles. The largest absolute Gasteiger partial charge is 0.481 e. The SMILES string of the molecule is N#Cc1ccccc1OCC(=O)OCC(=O)NCCc1ccc(Cl)cc1Cl. The lowest BCUT2D eigenvalue weighted by Crippen LogP contribution is -2.31. The average molecular weight is 407 g/mol. The maximum absolute atomic E-state index is 11.7.